The minimum absolute atomic E-state index is 0.0912. The highest BCUT2D eigenvalue weighted by molar-refractivity contribution is 5.78. The smallest absolute Gasteiger partial charge is 0.387 e. The third-order valence-electron chi connectivity index (χ3n) is 3.89. The highest BCUT2D eigenvalue weighted by Gasteiger charge is 2.11. The van der Waals surface area contributed by atoms with E-state index < -0.39 is 6.61 Å². The molecule has 28 heavy (non-hydrogen) atoms. The quantitative estimate of drug-likeness (QED) is 0.634. The van der Waals surface area contributed by atoms with Crippen molar-refractivity contribution in [2.45, 2.75) is 19.6 Å². The fourth-order valence-corrected chi connectivity index (χ4v) is 2.59. The third-order valence-corrected chi connectivity index (χ3v) is 3.89. The maximum absolute atomic E-state index is 13.0. The summed E-state index contributed by atoms with van der Waals surface area (Å²) in [7, 11) is 0. The molecular formula is C21H21F3N2O2. The van der Waals surface area contributed by atoms with Crippen LogP contribution in [0.5, 0.6) is 5.75 Å². The summed E-state index contributed by atoms with van der Waals surface area (Å²) < 4.78 is 41.5. The Morgan fingerprint density at radius 3 is 2.36 bits per heavy atom. The van der Waals surface area contributed by atoms with Crippen molar-refractivity contribution in [3.05, 3.63) is 65.5 Å². The third kappa shape index (κ3) is 7.72. The summed E-state index contributed by atoms with van der Waals surface area (Å²) in [4.78, 5) is 13.9. The molecule has 0 saturated carbocycles. The van der Waals surface area contributed by atoms with Crippen LogP contribution in [-0.2, 0) is 17.8 Å². The Hall–Kier alpha value is -2.98. The molecule has 1 N–H and O–H groups in total. The molecule has 0 saturated heterocycles. The Bertz CT molecular complexity index is 787. The monoisotopic (exact) mass is 390 g/mol. The molecule has 4 nitrogen and oxygen atoms in total. The molecule has 0 aromatic heterocycles. The lowest BCUT2D eigenvalue weighted by Gasteiger charge is -2.19. The van der Waals surface area contributed by atoms with Gasteiger partial charge in [0.25, 0.3) is 0 Å². The summed E-state index contributed by atoms with van der Waals surface area (Å²) in [5.41, 5.74) is 1.74. The second-order valence-corrected chi connectivity index (χ2v) is 6.10. The number of alkyl halides is 2. The molecule has 0 heterocycles. The van der Waals surface area contributed by atoms with Crippen molar-refractivity contribution < 1.29 is 22.7 Å². The van der Waals surface area contributed by atoms with Crippen molar-refractivity contribution in [3.8, 4) is 18.1 Å². The van der Waals surface area contributed by atoms with Crippen LogP contribution in [0.1, 0.15) is 11.1 Å². The lowest BCUT2D eigenvalue weighted by atomic mass is 10.1. The maximum Gasteiger partial charge on any atom is 0.387 e. The first-order valence-corrected chi connectivity index (χ1v) is 8.67. The molecule has 0 aliphatic heterocycles. The first-order chi connectivity index (χ1) is 13.5. The number of hydrogen-bond donors (Lipinski definition) is 1. The van der Waals surface area contributed by atoms with Gasteiger partial charge in [0.05, 0.1) is 13.1 Å². The number of nitrogens with zero attached hydrogens (tertiary/aromatic N) is 1. The zero-order valence-corrected chi connectivity index (χ0v) is 15.2. The number of terminal acetylenes is 1. The average molecular weight is 390 g/mol. The Kier molecular flexibility index (Phi) is 8.37. The molecule has 0 unspecified atom stereocenters. The molecule has 1 amide bonds. The largest absolute Gasteiger partial charge is 0.435 e. The van der Waals surface area contributed by atoms with Crippen LogP contribution in [0.2, 0.25) is 0 Å². The predicted molar refractivity (Wildman–Crippen MR) is 100 cm³/mol. The van der Waals surface area contributed by atoms with Gasteiger partial charge in [0.2, 0.25) is 5.91 Å². The van der Waals surface area contributed by atoms with Gasteiger partial charge in [-0.15, -0.1) is 6.42 Å². The van der Waals surface area contributed by atoms with Crippen LogP contribution in [0.25, 0.3) is 0 Å². The predicted octanol–water partition coefficient (Wildman–Crippen LogP) is 3.22. The standard InChI is InChI=1S/C21H21F3N2O2/c1-2-13-26(14-17-3-7-18(22)8-4-17)15-20(27)25-12-11-16-5-9-19(10-6-16)28-21(23)24/h1,3-10,21H,11-15H2,(H,25,27). The van der Waals surface area contributed by atoms with E-state index in [-0.39, 0.29) is 30.6 Å². The van der Waals surface area contributed by atoms with Crippen molar-refractivity contribution in [1.29, 1.82) is 0 Å². The number of rotatable bonds is 10. The summed E-state index contributed by atoms with van der Waals surface area (Å²) in [5, 5.41) is 2.80. The summed E-state index contributed by atoms with van der Waals surface area (Å²) in [6.45, 7) is -1.62. The molecule has 0 radical (unpaired) electrons. The summed E-state index contributed by atoms with van der Waals surface area (Å²) in [6.07, 6.45) is 5.91. The van der Waals surface area contributed by atoms with Gasteiger partial charge in [-0.3, -0.25) is 9.69 Å². The molecule has 2 rings (SSSR count). The van der Waals surface area contributed by atoms with Crippen LogP contribution in [0.3, 0.4) is 0 Å². The highest BCUT2D eigenvalue weighted by atomic mass is 19.3. The first-order valence-electron chi connectivity index (χ1n) is 8.67. The van der Waals surface area contributed by atoms with E-state index in [1.165, 1.54) is 24.3 Å². The molecule has 0 aliphatic carbocycles. The number of carbonyl (C=O) groups is 1. The van der Waals surface area contributed by atoms with Crippen LogP contribution in [0.4, 0.5) is 13.2 Å². The molecular weight excluding hydrogens is 369 g/mol. The molecule has 148 valence electrons. The van der Waals surface area contributed by atoms with Crippen LogP contribution in [-0.4, -0.2) is 37.1 Å². The van der Waals surface area contributed by atoms with Gasteiger partial charge >= 0.3 is 6.61 Å². The SMILES string of the molecule is C#CCN(CC(=O)NCCc1ccc(OC(F)F)cc1)Cc1ccc(F)cc1. The fourth-order valence-electron chi connectivity index (χ4n) is 2.59. The van der Waals surface area contributed by atoms with Gasteiger partial charge in [0.15, 0.2) is 0 Å². The van der Waals surface area contributed by atoms with E-state index in [1.807, 2.05) is 0 Å². The fraction of sp³-hybridized carbons (Fsp3) is 0.286. The van der Waals surface area contributed by atoms with Crippen LogP contribution < -0.4 is 10.1 Å². The minimum Gasteiger partial charge on any atom is -0.435 e. The van der Waals surface area contributed by atoms with Crippen LogP contribution in [0.15, 0.2) is 48.5 Å². The topological polar surface area (TPSA) is 41.6 Å². The van der Waals surface area contributed by atoms with E-state index in [0.29, 0.717) is 19.5 Å². The Morgan fingerprint density at radius 2 is 1.75 bits per heavy atom. The van der Waals surface area contributed by atoms with Crippen molar-refractivity contribution >= 4 is 5.91 Å². The molecule has 0 atom stereocenters. The Labute approximate surface area is 162 Å². The van der Waals surface area contributed by atoms with Gasteiger partial charge in [-0.05, 0) is 41.8 Å². The molecule has 0 aliphatic rings. The molecule has 2 aromatic rings. The van der Waals surface area contributed by atoms with Crippen molar-refractivity contribution in [2.24, 2.45) is 0 Å². The van der Waals surface area contributed by atoms with E-state index >= 15 is 0 Å². The number of nitrogens with one attached hydrogen (secondary N) is 1. The molecule has 7 heteroatoms. The van der Waals surface area contributed by atoms with E-state index in [0.717, 1.165) is 11.1 Å². The zero-order valence-electron chi connectivity index (χ0n) is 15.2. The summed E-state index contributed by atoms with van der Waals surface area (Å²) >= 11 is 0. The Morgan fingerprint density at radius 1 is 1.11 bits per heavy atom. The number of benzene rings is 2. The van der Waals surface area contributed by atoms with Gasteiger partial charge in [-0.2, -0.15) is 8.78 Å². The highest BCUT2D eigenvalue weighted by Crippen LogP contribution is 2.15. The van der Waals surface area contributed by atoms with Crippen molar-refractivity contribution in [3.63, 3.8) is 0 Å². The van der Waals surface area contributed by atoms with E-state index in [1.54, 1.807) is 29.2 Å². The normalized spacial score (nSPS) is 10.7. The maximum atomic E-state index is 13.0. The van der Waals surface area contributed by atoms with Gasteiger partial charge in [0.1, 0.15) is 11.6 Å². The molecule has 2 aromatic carbocycles. The van der Waals surface area contributed by atoms with E-state index in [9.17, 15) is 18.0 Å². The first kappa shape index (κ1) is 21.3. The number of amides is 1. The number of ether oxygens (including phenoxy) is 1. The van der Waals surface area contributed by atoms with E-state index in [4.69, 9.17) is 6.42 Å². The van der Waals surface area contributed by atoms with Gasteiger partial charge in [-0.25, -0.2) is 4.39 Å². The van der Waals surface area contributed by atoms with Crippen molar-refractivity contribution in [2.75, 3.05) is 19.6 Å². The van der Waals surface area contributed by atoms with E-state index in [2.05, 4.69) is 16.0 Å². The van der Waals surface area contributed by atoms with Gasteiger partial charge in [0, 0.05) is 13.1 Å². The lowest BCUT2D eigenvalue weighted by molar-refractivity contribution is -0.122. The van der Waals surface area contributed by atoms with Crippen LogP contribution in [0, 0.1) is 18.2 Å². The van der Waals surface area contributed by atoms with Gasteiger partial charge < -0.3 is 10.1 Å². The number of carbonyl (C=O) groups excluding carboxylic acids is 1. The number of halogens is 3. The van der Waals surface area contributed by atoms with Gasteiger partial charge in [-0.1, -0.05) is 30.2 Å². The summed E-state index contributed by atoms with van der Waals surface area (Å²) in [6, 6.07) is 12.3. The average Bonchev–Trinajstić information content (AvgIpc) is 2.65. The lowest BCUT2D eigenvalue weighted by Crippen LogP contribution is -2.38. The molecule has 0 fully saturated rings. The second-order valence-electron chi connectivity index (χ2n) is 6.10. The minimum atomic E-state index is -2.86. The molecule has 0 bridgehead atoms. The zero-order chi connectivity index (χ0) is 20.4. The number of hydrogen-bond acceptors (Lipinski definition) is 3. The van der Waals surface area contributed by atoms with Crippen LogP contribution >= 0.6 is 0 Å². The van der Waals surface area contributed by atoms with Crippen molar-refractivity contribution in [1.82, 2.24) is 10.2 Å². The summed E-state index contributed by atoms with van der Waals surface area (Å²) in [5.74, 6) is 2.10. The second kappa shape index (κ2) is 11.0. The molecule has 0 spiro atoms. The Balaban J connectivity index is 1.77.